The van der Waals surface area contributed by atoms with Crippen LogP contribution in [0.4, 0.5) is 5.69 Å². The normalized spacial score (nSPS) is 18.0. The second kappa shape index (κ2) is 6.70. The van der Waals surface area contributed by atoms with Gasteiger partial charge in [-0.15, -0.1) is 0 Å². The minimum Gasteiger partial charge on any atom is -0.490 e. The van der Waals surface area contributed by atoms with Crippen LogP contribution in [-0.4, -0.2) is 43.7 Å². The first-order chi connectivity index (χ1) is 10.3. The van der Waals surface area contributed by atoms with Gasteiger partial charge in [-0.2, -0.15) is 0 Å². The van der Waals surface area contributed by atoms with Crippen LogP contribution < -0.4 is 14.8 Å². The summed E-state index contributed by atoms with van der Waals surface area (Å²) in [7, 11) is 0. The van der Waals surface area contributed by atoms with Crippen molar-refractivity contribution in [1.82, 2.24) is 4.90 Å². The second-order valence-corrected chi connectivity index (χ2v) is 5.51. The van der Waals surface area contributed by atoms with Gasteiger partial charge in [-0.1, -0.05) is 0 Å². The number of hydrogen-bond acceptors (Lipinski definition) is 4. The molecule has 21 heavy (non-hydrogen) atoms. The number of anilines is 1. The van der Waals surface area contributed by atoms with Crippen molar-refractivity contribution < 1.29 is 14.3 Å². The number of carbonyl (C=O) groups is 1. The summed E-state index contributed by atoms with van der Waals surface area (Å²) >= 11 is 0. The Morgan fingerprint density at radius 2 is 1.81 bits per heavy atom. The van der Waals surface area contributed by atoms with Crippen LogP contribution in [0.3, 0.4) is 0 Å². The highest BCUT2D eigenvalue weighted by Gasteiger charge is 2.16. The Bertz CT molecular complexity index is 498. The fourth-order valence-corrected chi connectivity index (χ4v) is 2.71. The van der Waals surface area contributed by atoms with Crippen LogP contribution in [0.2, 0.25) is 0 Å². The van der Waals surface area contributed by atoms with Crippen molar-refractivity contribution in [2.24, 2.45) is 0 Å². The molecule has 1 fully saturated rings. The number of ether oxygens (including phenoxy) is 2. The summed E-state index contributed by atoms with van der Waals surface area (Å²) < 4.78 is 11.2. The van der Waals surface area contributed by atoms with Gasteiger partial charge in [-0.25, -0.2) is 0 Å². The van der Waals surface area contributed by atoms with Gasteiger partial charge in [0.05, 0.1) is 19.8 Å². The van der Waals surface area contributed by atoms with Crippen LogP contribution >= 0.6 is 0 Å². The number of benzene rings is 1. The summed E-state index contributed by atoms with van der Waals surface area (Å²) in [5.41, 5.74) is 0.893. The highest BCUT2D eigenvalue weighted by Crippen LogP contribution is 2.32. The third-order valence-corrected chi connectivity index (χ3v) is 3.90. The number of piperidine rings is 1. The lowest BCUT2D eigenvalue weighted by molar-refractivity contribution is -0.130. The van der Waals surface area contributed by atoms with E-state index in [4.69, 9.17) is 9.47 Å². The lowest BCUT2D eigenvalue weighted by Crippen LogP contribution is -2.39. The zero-order valence-electron chi connectivity index (χ0n) is 12.3. The van der Waals surface area contributed by atoms with Gasteiger partial charge in [0.2, 0.25) is 5.91 Å². The van der Waals surface area contributed by atoms with Crippen molar-refractivity contribution in [3.8, 4) is 11.5 Å². The quantitative estimate of drug-likeness (QED) is 0.928. The van der Waals surface area contributed by atoms with Gasteiger partial charge in [0.25, 0.3) is 0 Å². The van der Waals surface area contributed by atoms with Crippen molar-refractivity contribution in [1.29, 1.82) is 0 Å². The summed E-state index contributed by atoms with van der Waals surface area (Å²) in [5, 5.41) is 3.19. The topological polar surface area (TPSA) is 50.8 Å². The largest absolute Gasteiger partial charge is 0.490 e. The van der Waals surface area contributed by atoms with Gasteiger partial charge >= 0.3 is 0 Å². The van der Waals surface area contributed by atoms with Crippen molar-refractivity contribution in [3.63, 3.8) is 0 Å². The molecule has 1 saturated heterocycles. The molecule has 2 aliphatic rings. The summed E-state index contributed by atoms with van der Waals surface area (Å²) in [6.07, 6.45) is 4.37. The molecule has 1 aromatic rings. The maximum absolute atomic E-state index is 12.1. The number of fused-ring (bicyclic) bond motifs is 1. The molecule has 3 rings (SSSR count). The summed E-state index contributed by atoms with van der Waals surface area (Å²) in [4.78, 5) is 14.1. The first kappa shape index (κ1) is 14.0. The highest BCUT2D eigenvalue weighted by molar-refractivity contribution is 5.81. The summed E-state index contributed by atoms with van der Waals surface area (Å²) in [6, 6.07) is 5.73. The Morgan fingerprint density at radius 3 is 2.62 bits per heavy atom. The average Bonchev–Trinajstić information content (AvgIpc) is 2.78. The molecule has 0 unspecified atom stereocenters. The molecule has 2 aliphatic heterocycles. The molecule has 0 bridgehead atoms. The second-order valence-electron chi connectivity index (χ2n) is 5.51. The minimum absolute atomic E-state index is 0.168. The van der Waals surface area contributed by atoms with Gasteiger partial charge in [0.1, 0.15) is 0 Å². The molecule has 0 aromatic heterocycles. The Kier molecular flexibility index (Phi) is 4.48. The van der Waals surface area contributed by atoms with Crippen molar-refractivity contribution in [3.05, 3.63) is 18.2 Å². The molecular formula is C16H22N2O3. The Balaban J connectivity index is 1.57. The zero-order valence-corrected chi connectivity index (χ0v) is 12.3. The predicted molar refractivity (Wildman–Crippen MR) is 81.0 cm³/mol. The van der Waals surface area contributed by atoms with Crippen LogP contribution in [0.1, 0.15) is 25.7 Å². The predicted octanol–water partition coefficient (Wildman–Crippen LogP) is 2.27. The number of rotatable bonds is 3. The minimum atomic E-state index is 0.168. The third kappa shape index (κ3) is 3.60. The van der Waals surface area contributed by atoms with Crippen LogP contribution in [0, 0.1) is 0 Å². The molecule has 5 nitrogen and oxygen atoms in total. The Morgan fingerprint density at radius 1 is 1.05 bits per heavy atom. The standard InChI is InChI=1S/C16H22N2O3/c19-16(18-7-2-1-3-8-18)12-17-13-5-6-14-15(11-13)21-10-4-9-20-14/h5-6,11,17H,1-4,7-10,12H2. The molecule has 0 spiro atoms. The Hall–Kier alpha value is -1.91. The molecule has 0 aliphatic carbocycles. The van der Waals surface area contributed by atoms with E-state index in [1.807, 2.05) is 23.1 Å². The van der Waals surface area contributed by atoms with E-state index in [2.05, 4.69) is 5.32 Å². The average molecular weight is 290 g/mol. The summed E-state index contributed by atoms with van der Waals surface area (Å²) in [6.45, 7) is 3.47. The monoisotopic (exact) mass is 290 g/mol. The first-order valence-corrected chi connectivity index (χ1v) is 7.74. The molecule has 2 heterocycles. The maximum Gasteiger partial charge on any atom is 0.241 e. The molecule has 114 valence electrons. The van der Waals surface area contributed by atoms with Crippen LogP contribution in [0.5, 0.6) is 11.5 Å². The van der Waals surface area contributed by atoms with Gasteiger partial charge in [-0.05, 0) is 31.4 Å². The van der Waals surface area contributed by atoms with Crippen molar-refractivity contribution >= 4 is 11.6 Å². The number of likely N-dealkylation sites (tertiary alicyclic amines) is 1. The zero-order chi connectivity index (χ0) is 14.5. The number of nitrogens with one attached hydrogen (secondary N) is 1. The molecule has 1 amide bonds. The van der Waals surface area contributed by atoms with Gasteiger partial charge in [0, 0.05) is 31.3 Å². The van der Waals surface area contributed by atoms with Gasteiger partial charge < -0.3 is 19.7 Å². The smallest absolute Gasteiger partial charge is 0.241 e. The number of amides is 1. The summed E-state index contributed by atoms with van der Waals surface area (Å²) in [5.74, 6) is 1.70. The van der Waals surface area contributed by atoms with E-state index in [1.54, 1.807) is 0 Å². The highest BCUT2D eigenvalue weighted by atomic mass is 16.5. The van der Waals surface area contributed by atoms with E-state index in [-0.39, 0.29) is 5.91 Å². The van der Waals surface area contributed by atoms with Gasteiger partial charge in [-0.3, -0.25) is 4.79 Å². The van der Waals surface area contributed by atoms with E-state index < -0.39 is 0 Å². The van der Waals surface area contributed by atoms with Crippen molar-refractivity contribution in [2.75, 3.05) is 38.2 Å². The molecule has 0 atom stereocenters. The molecule has 5 heteroatoms. The van der Waals surface area contributed by atoms with Crippen LogP contribution in [0.25, 0.3) is 0 Å². The van der Waals surface area contributed by atoms with E-state index in [0.29, 0.717) is 19.8 Å². The molecular weight excluding hydrogens is 268 g/mol. The van der Waals surface area contributed by atoms with Crippen LogP contribution in [-0.2, 0) is 4.79 Å². The van der Waals surface area contributed by atoms with E-state index in [9.17, 15) is 4.79 Å². The molecule has 1 aromatic carbocycles. The Labute approximate surface area is 125 Å². The fourth-order valence-electron chi connectivity index (χ4n) is 2.71. The van der Waals surface area contributed by atoms with E-state index >= 15 is 0 Å². The van der Waals surface area contributed by atoms with Crippen LogP contribution in [0.15, 0.2) is 18.2 Å². The molecule has 0 saturated carbocycles. The van der Waals surface area contributed by atoms with Crippen molar-refractivity contribution in [2.45, 2.75) is 25.7 Å². The van der Waals surface area contributed by atoms with E-state index in [0.717, 1.165) is 49.5 Å². The van der Waals surface area contributed by atoms with E-state index in [1.165, 1.54) is 6.42 Å². The fraction of sp³-hybridized carbons (Fsp3) is 0.562. The number of hydrogen-bond donors (Lipinski definition) is 1. The SMILES string of the molecule is O=C(CNc1ccc2c(c1)OCCCO2)N1CCCCC1. The lowest BCUT2D eigenvalue weighted by Gasteiger charge is -2.27. The van der Waals surface area contributed by atoms with Gasteiger partial charge in [0.15, 0.2) is 11.5 Å². The lowest BCUT2D eigenvalue weighted by atomic mass is 10.1. The number of nitrogens with zero attached hydrogens (tertiary/aromatic N) is 1. The molecule has 1 N–H and O–H groups in total. The molecule has 0 radical (unpaired) electrons. The maximum atomic E-state index is 12.1. The first-order valence-electron chi connectivity index (χ1n) is 7.74. The third-order valence-electron chi connectivity index (χ3n) is 3.90. The number of carbonyl (C=O) groups excluding carboxylic acids is 1.